The number of carboxylic acid groups (broad SMARTS) is 1. The molecule has 3 fully saturated rings. The molecule has 0 saturated carbocycles. The first-order chi connectivity index (χ1) is 25.5. The SMILES string of the molecule is COc1cc(C(=O)N2CCC(CCN3CCC(C(=O)O)(c4ccccc4)CC3)(c3ccc(Cl)c(Cl)c3)C2)cc(OC)c1OC.Cl.NC(=O)N1CCCCC1. The van der Waals surface area contributed by atoms with Crippen molar-refractivity contribution in [2.75, 3.05) is 67.1 Å². The van der Waals surface area contributed by atoms with Crippen LogP contribution in [0.15, 0.2) is 60.7 Å². The molecule has 3 aromatic rings. The molecule has 11 nitrogen and oxygen atoms in total. The number of carbonyl (C=O) groups excluding carboxylic acids is 2. The number of nitrogens with two attached hydrogens (primary N) is 1. The standard InChI is InChI=1S/C34H38Cl2N2O6.C6H12N2O.ClH/c1-42-28-19-23(20-29(43-2)30(28)44-3)31(39)38-18-12-33(22-38,25-9-10-26(35)27(36)21-25)11-15-37-16-13-34(14-17-37,32(40)41)24-7-5-4-6-8-24;7-6(9)8-4-2-1-3-5-8;/h4-10,19-21H,11-18,22H2,1-3H3,(H,40,41);1-5H2,(H2,7,9);1H. The van der Waals surface area contributed by atoms with E-state index in [1.165, 1.54) is 27.8 Å². The summed E-state index contributed by atoms with van der Waals surface area (Å²) >= 11 is 12.8. The smallest absolute Gasteiger partial charge is 0.314 e. The lowest BCUT2D eigenvalue weighted by Crippen LogP contribution is -2.48. The lowest BCUT2D eigenvalue weighted by molar-refractivity contribution is -0.146. The van der Waals surface area contributed by atoms with Crippen molar-refractivity contribution in [2.45, 2.75) is 55.8 Å². The zero-order chi connectivity index (χ0) is 38.2. The largest absolute Gasteiger partial charge is 0.493 e. The van der Waals surface area contributed by atoms with Crippen molar-refractivity contribution >= 4 is 53.5 Å². The number of methoxy groups -OCH3 is 3. The van der Waals surface area contributed by atoms with E-state index in [1.807, 2.05) is 53.4 Å². The Bertz CT molecular complexity index is 1730. The van der Waals surface area contributed by atoms with Crippen molar-refractivity contribution in [3.05, 3.63) is 87.4 Å². The topological polar surface area (TPSA) is 135 Å². The predicted octanol–water partition coefficient (Wildman–Crippen LogP) is 7.28. The van der Waals surface area contributed by atoms with Gasteiger partial charge in [0.2, 0.25) is 5.75 Å². The average molecular weight is 806 g/mol. The zero-order valence-electron chi connectivity index (χ0n) is 31.2. The number of carbonyl (C=O) groups is 3. The first-order valence-corrected chi connectivity index (χ1v) is 18.8. The number of primary amides is 1. The number of urea groups is 1. The summed E-state index contributed by atoms with van der Waals surface area (Å²) in [5.74, 6) is 0.371. The minimum atomic E-state index is -0.879. The second kappa shape index (κ2) is 19.1. The Balaban J connectivity index is 0.000000570. The highest BCUT2D eigenvalue weighted by atomic mass is 35.5. The summed E-state index contributed by atoms with van der Waals surface area (Å²) in [6.07, 6.45) is 6.07. The summed E-state index contributed by atoms with van der Waals surface area (Å²) in [5, 5.41) is 11.2. The molecular formula is C40H51Cl3N4O7. The predicted molar refractivity (Wildman–Crippen MR) is 213 cm³/mol. The molecule has 3 aliphatic rings. The van der Waals surface area contributed by atoms with Crippen molar-refractivity contribution in [1.29, 1.82) is 0 Å². The van der Waals surface area contributed by atoms with Crippen LogP contribution < -0.4 is 19.9 Å². The Morgan fingerprint density at radius 3 is 1.91 bits per heavy atom. The second-order valence-corrected chi connectivity index (χ2v) is 14.8. The van der Waals surface area contributed by atoms with Gasteiger partial charge in [-0.3, -0.25) is 9.59 Å². The molecule has 3 saturated heterocycles. The van der Waals surface area contributed by atoms with Crippen LogP contribution in [0.4, 0.5) is 4.79 Å². The van der Waals surface area contributed by atoms with Crippen LogP contribution in [0, 0.1) is 0 Å². The maximum absolute atomic E-state index is 13.9. The van der Waals surface area contributed by atoms with E-state index in [-0.39, 0.29) is 29.8 Å². The van der Waals surface area contributed by atoms with E-state index in [0.29, 0.717) is 71.9 Å². The third-order valence-electron chi connectivity index (χ3n) is 11.1. The lowest BCUT2D eigenvalue weighted by Gasteiger charge is -2.40. The van der Waals surface area contributed by atoms with E-state index in [2.05, 4.69) is 4.90 Å². The number of halogens is 3. The minimum Gasteiger partial charge on any atom is -0.493 e. The molecule has 0 aliphatic carbocycles. The van der Waals surface area contributed by atoms with Crippen LogP contribution in [-0.2, 0) is 15.6 Å². The van der Waals surface area contributed by atoms with Gasteiger partial charge < -0.3 is 39.8 Å². The molecule has 3 N–H and O–H groups in total. The summed E-state index contributed by atoms with van der Waals surface area (Å²) in [4.78, 5) is 42.7. The fourth-order valence-corrected chi connectivity index (χ4v) is 8.17. The molecule has 0 aromatic heterocycles. The van der Waals surface area contributed by atoms with Gasteiger partial charge in [-0.25, -0.2) is 4.79 Å². The molecule has 3 aliphatic heterocycles. The summed E-state index contributed by atoms with van der Waals surface area (Å²) in [7, 11) is 4.58. The van der Waals surface area contributed by atoms with Gasteiger partial charge in [-0.15, -0.1) is 12.4 Å². The van der Waals surface area contributed by atoms with Crippen LogP contribution in [0.5, 0.6) is 17.2 Å². The third kappa shape index (κ3) is 9.48. The van der Waals surface area contributed by atoms with Crippen molar-refractivity contribution < 1.29 is 33.7 Å². The Labute approximate surface area is 334 Å². The highest BCUT2D eigenvalue weighted by Crippen LogP contribution is 2.43. The summed E-state index contributed by atoms with van der Waals surface area (Å²) < 4.78 is 16.4. The first-order valence-electron chi connectivity index (χ1n) is 18.1. The quantitative estimate of drug-likeness (QED) is 0.218. The monoisotopic (exact) mass is 804 g/mol. The van der Waals surface area contributed by atoms with Crippen molar-refractivity contribution in [3.63, 3.8) is 0 Å². The first kappa shape index (κ1) is 42.8. The van der Waals surface area contributed by atoms with Gasteiger partial charge in [0.25, 0.3) is 5.91 Å². The molecule has 294 valence electrons. The average Bonchev–Trinajstić information content (AvgIpc) is 3.63. The van der Waals surface area contributed by atoms with Crippen LogP contribution >= 0.6 is 35.6 Å². The number of nitrogens with zero attached hydrogens (tertiary/aromatic N) is 3. The van der Waals surface area contributed by atoms with E-state index in [1.54, 1.807) is 17.0 Å². The molecule has 3 amide bonds. The van der Waals surface area contributed by atoms with Crippen LogP contribution in [0.3, 0.4) is 0 Å². The van der Waals surface area contributed by atoms with Gasteiger partial charge in [0.05, 0.1) is 36.8 Å². The van der Waals surface area contributed by atoms with Crippen LogP contribution in [-0.4, -0.2) is 105 Å². The number of hydrogen-bond acceptors (Lipinski definition) is 7. The van der Waals surface area contributed by atoms with Gasteiger partial charge in [0, 0.05) is 37.2 Å². The minimum absolute atomic E-state index is 0. The second-order valence-electron chi connectivity index (χ2n) is 14.0. The summed E-state index contributed by atoms with van der Waals surface area (Å²) in [6, 6.07) is 18.4. The molecule has 3 heterocycles. The molecule has 1 atom stereocenters. The number of ether oxygens (including phenoxy) is 3. The highest BCUT2D eigenvalue weighted by molar-refractivity contribution is 6.42. The molecule has 3 aromatic carbocycles. The molecule has 1 unspecified atom stereocenters. The summed E-state index contributed by atoms with van der Waals surface area (Å²) in [6.45, 7) is 4.88. The van der Waals surface area contributed by atoms with Gasteiger partial charge >= 0.3 is 12.0 Å². The van der Waals surface area contributed by atoms with E-state index < -0.39 is 11.4 Å². The number of hydrogen-bond donors (Lipinski definition) is 2. The number of rotatable bonds is 10. The fourth-order valence-electron chi connectivity index (χ4n) is 7.87. The third-order valence-corrected chi connectivity index (χ3v) is 11.8. The number of piperidine rings is 2. The molecule has 14 heteroatoms. The molecule has 0 spiro atoms. The van der Waals surface area contributed by atoms with E-state index in [9.17, 15) is 19.5 Å². The number of benzene rings is 3. The zero-order valence-corrected chi connectivity index (χ0v) is 33.5. The van der Waals surface area contributed by atoms with E-state index >= 15 is 0 Å². The maximum Gasteiger partial charge on any atom is 0.314 e. The van der Waals surface area contributed by atoms with Gasteiger partial charge in [-0.05, 0) is 100.0 Å². The van der Waals surface area contributed by atoms with Crippen LogP contribution in [0.25, 0.3) is 0 Å². The van der Waals surface area contributed by atoms with E-state index in [0.717, 1.165) is 56.4 Å². The van der Waals surface area contributed by atoms with Gasteiger partial charge in [0.15, 0.2) is 11.5 Å². The van der Waals surface area contributed by atoms with Crippen molar-refractivity contribution in [1.82, 2.24) is 14.7 Å². The van der Waals surface area contributed by atoms with Crippen LogP contribution in [0.1, 0.15) is 66.4 Å². The Morgan fingerprint density at radius 1 is 0.759 bits per heavy atom. The Kier molecular flexibility index (Phi) is 15.2. The number of likely N-dealkylation sites (tertiary alicyclic amines) is 3. The molecular weight excluding hydrogens is 755 g/mol. The lowest BCUT2D eigenvalue weighted by atomic mass is 9.72. The molecule has 54 heavy (non-hydrogen) atoms. The number of amides is 3. The van der Waals surface area contributed by atoms with E-state index in [4.69, 9.17) is 43.1 Å². The fraction of sp³-hybridized carbons (Fsp3) is 0.475. The molecule has 0 radical (unpaired) electrons. The number of carboxylic acids is 1. The molecule has 6 rings (SSSR count). The van der Waals surface area contributed by atoms with Crippen LogP contribution in [0.2, 0.25) is 10.0 Å². The van der Waals surface area contributed by atoms with Gasteiger partial charge in [-0.1, -0.05) is 59.6 Å². The molecule has 0 bridgehead atoms. The normalized spacial score (nSPS) is 19.5. The van der Waals surface area contributed by atoms with Gasteiger partial charge in [-0.2, -0.15) is 0 Å². The maximum atomic E-state index is 13.9. The Hall–Kier alpha value is -3.90. The van der Waals surface area contributed by atoms with Crippen molar-refractivity contribution in [2.24, 2.45) is 5.73 Å². The van der Waals surface area contributed by atoms with Crippen molar-refractivity contribution in [3.8, 4) is 17.2 Å². The van der Waals surface area contributed by atoms with Gasteiger partial charge in [0.1, 0.15) is 0 Å². The Morgan fingerprint density at radius 2 is 1.39 bits per heavy atom. The number of aliphatic carboxylic acids is 1. The highest BCUT2D eigenvalue weighted by Gasteiger charge is 2.45. The summed E-state index contributed by atoms with van der Waals surface area (Å²) in [5.41, 5.74) is 6.16.